The Kier molecular flexibility index (Phi) is 6.66. The summed E-state index contributed by atoms with van der Waals surface area (Å²) in [5.41, 5.74) is 18.0. The van der Waals surface area contributed by atoms with Gasteiger partial charge in [-0.2, -0.15) is 0 Å². The number of hydrogen-bond donors (Lipinski definition) is 1. The van der Waals surface area contributed by atoms with Gasteiger partial charge >= 0.3 is 0 Å². The van der Waals surface area contributed by atoms with Crippen LogP contribution in [-0.2, 0) is 5.41 Å². The summed E-state index contributed by atoms with van der Waals surface area (Å²) in [4.78, 5) is 0. The molecule has 4 aliphatic carbocycles. The zero-order chi connectivity index (χ0) is 33.5. The Bertz CT molecular complexity index is 2420. The van der Waals surface area contributed by atoms with Crippen molar-refractivity contribution in [2.45, 2.75) is 81.5 Å². The SMILES string of the molecule is c1ccc2c(c1)-c1c(Nc3ccc4c(c3)oc3ccccc34)cccc1C21c2cc(C3CCCCC3)ccc2-c2ccc(C3CCCCC3)cc21. The number of para-hydroxylation sites is 1. The standard InChI is InChI=1S/C49H43NO/c1-3-12-31(13-4-1)33-22-25-36-37-26-23-34(32-14-5-2-6-15-32)29-44(37)49(43(36)28-33)41-18-9-7-17-40(41)48-42(49)19-11-20-45(48)50-35-24-27-39-38-16-8-10-21-46(38)51-47(39)30-35/h7-11,16-32,50H,1-6,12-15H2. The summed E-state index contributed by atoms with van der Waals surface area (Å²) in [6.07, 6.45) is 13.4. The van der Waals surface area contributed by atoms with E-state index in [-0.39, 0.29) is 5.41 Å². The molecule has 1 aromatic heterocycles. The normalized spacial score (nSPS) is 17.8. The molecule has 0 bridgehead atoms. The molecular formula is C49H43NO. The zero-order valence-corrected chi connectivity index (χ0v) is 29.2. The molecule has 6 aromatic carbocycles. The number of furan rings is 1. The van der Waals surface area contributed by atoms with Gasteiger partial charge < -0.3 is 9.73 Å². The van der Waals surface area contributed by atoms with Crippen LogP contribution >= 0.6 is 0 Å². The van der Waals surface area contributed by atoms with Gasteiger partial charge in [-0.05, 0) is 112 Å². The van der Waals surface area contributed by atoms with Gasteiger partial charge in [-0.3, -0.25) is 0 Å². The van der Waals surface area contributed by atoms with Crippen molar-refractivity contribution >= 4 is 33.3 Å². The van der Waals surface area contributed by atoms with E-state index in [0.29, 0.717) is 11.8 Å². The molecule has 1 heterocycles. The van der Waals surface area contributed by atoms with Gasteiger partial charge in [-0.15, -0.1) is 0 Å². The largest absolute Gasteiger partial charge is 0.456 e. The van der Waals surface area contributed by atoms with Crippen molar-refractivity contribution in [2.24, 2.45) is 0 Å². The van der Waals surface area contributed by atoms with E-state index in [1.807, 2.05) is 6.07 Å². The van der Waals surface area contributed by atoms with E-state index in [4.69, 9.17) is 4.42 Å². The van der Waals surface area contributed by atoms with Gasteiger partial charge in [0.25, 0.3) is 0 Å². The molecule has 2 fully saturated rings. The van der Waals surface area contributed by atoms with Crippen molar-refractivity contribution < 1.29 is 4.42 Å². The van der Waals surface area contributed by atoms with Crippen molar-refractivity contribution in [3.8, 4) is 22.3 Å². The lowest BCUT2D eigenvalue weighted by Gasteiger charge is -2.32. The van der Waals surface area contributed by atoms with Gasteiger partial charge in [-0.25, -0.2) is 0 Å². The third-order valence-corrected chi connectivity index (χ3v) is 13.1. The second-order valence-corrected chi connectivity index (χ2v) is 15.7. The van der Waals surface area contributed by atoms with E-state index in [1.165, 1.54) is 120 Å². The summed E-state index contributed by atoms with van der Waals surface area (Å²) in [6, 6.07) is 46.4. The van der Waals surface area contributed by atoms with Crippen LogP contribution in [0.15, 0.2) is 126 Å². The summed E-state index contributed by atoms with van der Waals surface area (Å²) < 4.78 is 6.32. The van der Waals surface area contributed by atoms with E-state index in [0.717, 1.165) is 33.3 Å². The van der Waals surface area contributed by atoms with Gasteiger partial charge in [-0.1, -0.05) is 130 Å². The molecule has 11 rings (SSSR count). The molecule has 4 aliphatic rings. The molecule has 1 spiro atoms. The highest BCUT2D eigenvalue weighted by atomic mass is 16.3. The summed E-state index contributed by atoms with van der Waals surface area (Å²) in [6.45, 7) is 0. The number of hydrogen-bond acceptors (Lipinski definition) is 2. The summed E-state index contributed by atoms with van der Waals surface area (Å²) in [5, 5.41) is 6.22. The maximum Gasteiger partial charge on any atom is 0.137 e. The molecule has 0 radical (unpaired) electrons. The van der Waals surface area contributed by atoms with Crippen molar-refractivity contribution in [1.29, 1.82) is 0 Å². The quantitative estimate of drug-likeness (QED) is 0.203. The van der Waals surface area contributed by atoms with Crippen LogP contribution in [0, 0.1) is 0 Å². The lowest BCUT2D eigenvalue weighted by atomic mass is 9.69. The Hall–Kier alpha value is -5.08. The topological polar surface area (TPSA) is 25.2 Å². The predicted octanol–water partition coefficient (Wildman–Crippen LogP) is 13.8. The molecule has 2 saturated carbocycles. The van der Waals surface area contributed by atoms with Gasteiger partial charge in [0.2, 0.25) is 0 Å². The maximum absolute atomic E-state index is 6.32. The van der Waals surface area contributed by atoms with E-state index >= 15 is 0 Å². The number of anilines is 2. The molecule has 0 atom stereocenters. The fourth-order valence-electron chi connectivity index (χ4n) is 10.7. The highest BCUT2D eigenvalue weighted by molar-refractivity contribution is 6.06. The highest BCUT2D eigenvalue weighted by Gasteiger charge is 2.52. The molecule has 2 heteroatoms. The van der Waals surface area contributed by atoms with Gasteiger partial charge in [0.05, 0.1) is 5.41 Å². The van der Waals surface area contributed by atoms with Crippen LogP contribution in [-0.4, -0.2) is 0 Å². The summed E-state index contributed by atoms with van der Waals surface area (Å²) in [7, 11) is 0. The first-order valence-electron chi connectivity index (χ1n) is 19.5. The van der Waals surface area contributed by atoms with Crippen molar-refractivity contribution in [3.05, 3.63) is 155 Å². The lowest BCUT2D eigenvalue weighted by molar-refractivity contribution is 0.443. The van der Waals surface area contributed by atoms with Crippen molar-refractivity contribution in [2.75, 3.05) is 5.32 Å². The Morgan fingerprint density at radius 3 is 1.82 bits per heavy atom. The molecule has 7 aromatic rings. The third-order valence-electron chi connectivity index (χ3n) is 13.1. The van der Waals surface area contributed by atoms with Crippen molar-refractivity contribution in [3.63, 3.8) is 0 Å². The summed E-state index contributed by atoms with van der Waals surface area (Å²) >= 11 is 0. The minimum Gasteiger partial charge on any atom is -0.456 e. The Balaban J connectivity index is 1.13. The van der Waals surface area contributed by atoms with Crippen LogP contribution in [0.3, 0.4) is 0 Å². The first-order valence-corrected chi connectivity index (χ1v) is 19.5. The molecule has 0 aliphatic heterocycles. The minimum absolute atomic E-state index is 0.355. The molecular weight excluding hydrogens is 619 g/mol. The van der Waals surface area contributed by atoms with Gasteiger partial charge in [0.15, 0.2) is 0 Å². The number of benzene rings is 6. The van der Waals surface area contributed by atoms with Crippen LogP contribution in [0.25, 0.3) is 44.2 Å². The Morgan fingerprint density at radius 2 is 1.10 bits per heavy atom. The first kappa shape index (κ1) is 29.6. The molecule has 0 saturated heterocycles. The average molecular weight is 662 g/mol. The second-order valence-electron chi connectivity index (χ2n) is 15.7. The van der Waals surface area contributed by atoms with E-state index < -0.39 is 0 Å². The first-order chi connectivity index (χ1) is 25.3. The predicted molar refractivity (Wildman–Crippen MR) is 211 cm³/mol. The van der Waals surface area contributed by atoms with Gasteiger partial charge in [0.1, 0.15) is 11.2 Å². The number of rotatable bonds is 4. The number of nitrogens with one attached hydrogen (secondary N) is 1. The molecule has 2 nitrogen and oxygen atoms in total. The number of fused-ring (bicyclic) bond motifs is 13. The summed E-state index contributed by atoms with van der Waals surface area (Å²) in [5.74, 6) is 1.31. The van der Waals surface area contributed by atoms with E-state index in [9.17, 15) is 0 Å². The fourth-order valence-corrected chi connectivity index (χ4v) is 10.7. The van der Waals surface area contributed by atoms with E-state index in [1.54, 1.807) is 0 Å². The average Bonchev–Trinajstić information content (AvgIpc) is 3.82. The molecule has 51 heavy (non-hydrogen) atoms. The molecule has 250 valence electrons. The highest BCUT2D eigenvalue weighted by Crippen LogP contribution is 2.64. The monoisotopic (exact) mass is 661 g/mol. The molecule has 1 N–H and O–H groups in total. The van der Waals surface area contributed by atoms with Crippen LogP contribution in [0.4, 0.5) is 11.4 Å². The second kappa shape index (κ2) is 11.5. The van der Waals surface area contributed by atoms with Crippen LogP contribution < -0.4 is 5.32 Å². The Labute approximate surface area is 300 Å². The van der Waals surface area contributed by atoms with E-state index in [2.05, 4.69) is 121 Å². The molecule has 0 unspecified atom stereocenters. The Morgan fingerprint density at radius 1 is 0.471 bits per heavy atom. The third kappa shape index (κ3) is 4.35. The molecule has 0 amide bonds. The van der Waals surface area contributed by atoms with Crippen molar-refractivity contribution in [1.82, 2.24) is 0 Å². The van der Waals surface area contributed by atoms with Crippen LogP contribution in [0.2, 0.25) is 0 Å². The minimum atomic E-state index is -0.355. The zero-order valence-electron chi connectivity index (χ0n) is 29.2. The smallest absolute Gasteiger partial charge is 0.137 e. The fraction of sp³-hybridized carbons (Fsp3) is 0.265. The maximum atomic E-state index is 6.32. The lowest BCUT2D eigenvalue weighted by Crippen LogP contribution is -2.26. The van der Waals surface area contributed by atoms with Crippen LogP contribution in [0.5, 0.6) is 0 Å². The van der Waals surface area contributed by atoms with Crippen LogP contribution in [0.1, 0.15) is 109 Å². The van der Waals surface area contributed by atoms with Gasteiger partial charge in [0, 0.05) is 33.8 Å².